The largest absolute Gasteiger partial charge is 0.489 e. The van der Waals surface area contributed by atoms with E-state index in [0.717, 1.165) is 27.8 Å². The minimum atomic E-state index is -0.0897. The molecule has 23 heavy (non-hydrogen) atoms. The molecule has 114 valence electrons. The Hall–Kier alpha value is -2.81. The highest BCUT2D eigenvalue weighted by molar-refractivity contribution is 6.11. The molecule has 0 radical (unpaired) electrons. The first-order valence-electron chi connectivity index (χ1n) is 7.62. The number of carbonyl (C=O) groups is 1. The van der Waals surface area contributed by atoms with E-state index in [2.05, 4.69) is 0 Å². The molecule has 0 aliphatic carbocycles. The Balaban J connectivity index is 1.88. The third-order valence-electron chi connectivity index (χ3n) is 4.24. The average molecular weight is 304 g/mol. The number of benzene rings is 2. The summed E-state index contributed by atoms with van der Waals surface area (Å²) in [5, 5.41) is 0.953. The van der Waals surface area contributed by atoms with Crippen molar-refractivity contribution in [3.8, 4) is 5.75 Å². The number of aryl methyl sites for hydroxylation is 2. The quantitative estimate of drug-likeness (QED) is 0.645. The van der Waals surface area contributed by atoms with Crippen LogP contribution in [0.3, 0.4) is 0 Å². The van der Waals surface area contributed by atoms with Crippen LogP contribution in [-0.4, -0.2) is 12.4 Å². The van der Waals surface area contributed by atoms with E-state index in [1.165, 1.54) is 0 Å². The molecule has 0 spiro atoms. The van der Waals surface area contributed by atoms with Crippen LogP contribution in [-0.2, 0) is 0 Å². The molecular weight excluding hydrogens is 288 g/mol. The van der Waals surface area contributed by atoms with Crippen LogP contribution in [0, 0.1) is 13.8 Å². The fourth-order valence-corrected chi connectivity index (χ4v) is 2.93. The van der Waals surface area contributed by atoms with Gasteiger partial charge in [-0.2, -0.15) is 0 Å². The van der Waals surface area contributed by atoms with Gasteiger partial charge in [0.1, 0.15) is 17.9 Å². The first-order valence-corrected chi connectivity index (χ1v) is 7.62. The second-order valence-electron chi connectivity index (χ2n) is 5.82. The Bertz CT molecular complexity index is 943. The van der Waals surface area contributed by atoms with Gasteiger partial charge in [0.05, 0.1) is 5.56 Å². The van der Waals surface area contributed by atoms with Gasteiger partial charge in [0.2, 0.25) is 5.78 Å². The lowest BCUT2D eigenvalue weighted by molar-refractivity contribution is 0.101. The number of carbonyl (C=O) groups excluding carboxylic acids is 1. The predicted octanol–water partition coefficient (Wildman–Crippen LogP) is 4.69. The topological polar surface area (TPSA) is 39.4 Å². The molecule has 2 heterocycles. The summed E-state index contributed by atoms with van der Waals surface area (Å²) >= 11 is 0. The van der Waals surface area contributed by atoms with E-state index in [1.807, 2.05) is 62.4 Å². The van der Waals surface area contributed by atoms with Gasteiger partial charge in [-0.15, -0.1) is 0 Å². The fourth-order valence-electron chi connectivity index (χ4n) is 2.93. The molecule has 3 heteroatoms. The van der Waals surface area contributed by atoms with E-state index in [0.29, 0.717) is 23.5 Å². The van der Waals surface area contributed by atoms with Gasteiger partial charge in [-0.05, 0) is 38.1 Å². The molecule has 0 amide bonds. The van der Waals surface area contributed by atoms with E-state index in [-0.39, 0.29) is 5.78 Å². The monoisotopic (exact) mass is 304 g/mol. The molecule has 0 saturated heterocycles. The van der Waals surface area contributed by atoms with E-state index in [4.69, 9.17) is 9.15 Å². The van der Waals surface area contributed by atoms with Crippen LogP contribution in [0.5, 0.6) is 5.75 Å². The molecule has 1 aliphatic rings. The SMILES string of the molecule is Cc1ccc(C(=O)c2oc3c4c(ccc3c2C)OCC=C4)cc1. The highest BCUT2D eigenvalue weighted by Crippen LogP contribution is 2.36. The van der Waals surface area contributed by atoms with Crippen LogP contribution in [0.25, 0.3) is 17.0 Å². The van der Waals surface area contributed by atoms with E-state index in [1.54, 1.807) is 0 Å². The second-order valence-corrected chi connectivity index (χ2v) is 5.82. The molecule has 0 N–H and O–H groups in total. The maximum Gasteiger partial charge on any atom is 0.228 e. The summed E-state index contributed by atoms with van der Waals surface area (Å²) in [6.45, 7) is 4.49. The van der Waals surface area contributed by atoms with Gasteiger partial charge in [0.15, 0.2) is 5.76 Å². The minimum Gasteiger partial charge on any atom is -0.489 e. The number of ether oxygens (including phenoxy) is 1. The van der Waals surface area contributed by atoms with Crippen molar-refractivity contribution in [3.63, 3.8) is 0 Å². The highest BCUT2D eigenvalue weighted by Gasteiger charge is 2.22. The van der Waals surface area contributed by atoms with Gasteiger partial charge >= 0.3 is 0 Å². The first kappa shape index (κ1) is 13.8. The summed E-state index contributed by atoms with van der Waals surface area (Å²) in [6.07, 6.45) is 3.94. The van der Waals surface area contributed by atoms with Crippen molar-refractivity contribution in [2.45, 2.75) is 13.8 Å². The second kappa shape index (κ2) is 5.13. The summed E-state index contributed by atoms with van der Waals surface area (Å²) in [4.78, 5) is 12.8. The number of hydrogen-bond donors (Lipinski definition) is 0. The summed E-state index contributed by atoms with van der Waals surface area (Å²) in [6, 6.07) is 11.4. The maximum atomic E-state index is 12.8. The standard InChI is InChI=1S/C20H16O3/c1-12-5-7-14(8-6-12)18(21)19-13(2)15-9-10-17-16(20(15)23-19)4-3-11-22-17/h3-10H,11H2,1-2H3. The van der Waals surface area contributed by atoms with Crippen LogP contribution >= 0.6 is 0 Å². The molecule has 0 fully saturated rings. The van der Waals surface area contributed by atoms with Crippen molar-refractivity contribution in [3.05, 3.63) is 70.5 Å². The summed E-state index contributed by atoms with van der Waals surface area (Å²) in [5.41, 5.74) is 4.25. The van der Waals surface area contributed by atoms with Crippen molar-refractivity contribution < 1.29 is 13.9 Å². The third-order valence-corrected chi connectivity index (χ3v) is 4.24. The Kier molecular flexibility index (Phi) is 3.08. The van der Waals surface area contributed by atoms with Gasteiger partial charge in [-0.1, -0.05) is 29.8 Å². The Labute approximate surface area is 134 Å². The van der Waals surface area contributed by atoms with Crippen LogP contribution in [0.15, 0.2) is 46.9 Å². The molecule has 4 rings (SSSR count). The molecule has 0 unspecified atom stereocenters. The van der Waals surface area contributed by atoms with Gasteiger partial charge in [0.25, 0.3) is 0 Å². The highest BCUT2D eigenvalue weighted by atomic mass is 16.5. The van der Waals surface area contributed by atoms with Gasteiger partial charge in [0, 0.05) is 16.5 Å². The van der Waals surface area contributed by atoms with Crippen molar-refractivity contribution in [2.75, 3.05) is 6.61 Å². The van der Waals surface area contributed by atoms with Crippen LogP contribution in [0.4, 0.5) is 0 Å². The molecule has 0 saturated carbocycles. The van der Waals surface area contributed by atoms with Gasteiger partial charge in [-0.25, -0.2) is 0 Å². The molecule has 0 bridgehead atoms. The molecule has 2 aromatic carbocycles. The Morgan fingerprint density at radius 3 is 2.61 bits per heavy atom. The van der Waals surface area contributed by atoms with Gasteiger partial charge in [-0.3, -0.25) is 4.79 Å². The number of fused-ring (bicyclic) bond motifs is 3. The summed E-state index contributed by atoms with van der Waals surface area (Å²) in [7, 11) is 0. The van der Waals surface area contributed by atoms with Crippen LogP contribution in [0.2, 0.25) is 0 Å². The maximum absolute atomic E-state index is 12.8. The van der Waals surface area contributed by atoms with E-state index in [9.17, 15) is 4.79 Å². The first-order chi connectivity index (χ1) is 11.1. The average Bonchev–Trinajstić information content (AvgIpc) is 2.92. The zero-order valence-electron chi connectivity index (χ0n) is 13.1. The van der Waals surface area contributed by atoms with E-state index >= 15 is 0 Å². The van der Waals surface area contributed by atoms with Gasteiger partial charge < -0.3 is 9.15 Å². The zero-order chi connectivity index (χ0) is 16.0. The zero-order valence-corrected chi connectivity index (χ0v) is 13.1. The van der Waals surface area contributed by atoms with Crippen molar-refractivity contribution in [1.82, 2.24) is 0 Å². The number of hydrogen-bond acceptors (Lipinski definition) is 3. The van der Waals surface area contributed by atoms with Crippen molar-refractivity contribution >= 4 is 22.8 Å². The summed E-state index contributed by atoms with van der Waals surface area (Å²) in [5.74, 6) is 1.10. The number of ketones is 1. The summed E-state index contributed by atoms with van der Waals surface area (Å²) < 4.78 is 11.6. The fraction of sp³-hybridized carbons (Fsp3) is 0.150. The smallest absolute Gasteiger partial charge is 0.228 e. The molecule has 0 atom stereocenters. The lowest BCUT2D eigenvalue weighted by Crippen LogP contribution is -2.01. The molecule has 3 aromatic rings. The normalized spacial score (nSPS) is 13.0. The lowest BCUT2D eigenvalue weighted by atomic mass is 10.0. The Morgan fingerprint density at radius 1 is 1.04 bits per heavy atom. The third kappa shape index (κ3) is 2.16. The van der Waals surface area contributed by atoms with Crippen molar-refractivity contribution in [2.24, 2.45) is 0 Å². The minimum absolute atomic E-state index is 0.0897. The lowest BCUT2D eigenvalue weighted by Gasteiger charge is -2.11. The molecule has 1 aliphatic heterocycles. The van der Waals surface area contributed by atoms with Crippen LogP contribution in [0.1, 0.15) is 32.8 Å². The molecular formula is C20H16O3. The van der Waals surface area contributed by atoms with Crippen molar-refractivity contribution in [1.29, 1.82) is 0 Å². The molecule has 1 aromatic heterocycles. The number of furan rings is 1. The molecule has 3 nitrogen and oxygen atoms in total. The number of rotatable bonds is 2. The predicted molar refractivity (Wildman–Crippen MR) is 90.1 cm³/mol. The Morgan fingerprint density at radius 2 is 1.83 bits per heavy atom. The van der Waals surface area contributed by atoms with E-state index < -0.39 is 0 Å². The van der Waals surface area contributed by atoms with Crippen LogP contribution < -0.4 is 4.74 Å².